The molecule has 0 amide bonds. The minimum absolute atomic E-state index is 0.172. The van der Waals surface area contributed by atoms with Crippen LogP contribution in [0.1, 0.15) is 81.6 Å². The summed E-state index contributed by atoms with van der Waals surface area (Å²) >= 11 is 0. The number of aliphatic hydroxyl groups excluding tert-OH is 1. The molecule has 0 aliphatic carbocycles. The number of aryl methyl sites for hydroxylation is 2. The molecule has 1 N–H and O–H groups in total. The maximum absolute atomic E-state index is 8.79. The van der Waals surface area contributed by atoms with Gasteiger partial charge in [0.15, 0.2) is 0 Å². The Labute approximate surface area is 217 Å². The van der Waals surface area contributed by atoms with E-state index < -0.39 is 0 Å². The first-order valence-electron chi connectivity index (χ1n) is 13.1. The van der Waals surface area contributed by atoms with E-state index in [2.05, 4.69) is 44.8 Å². The zero-order valence-electron chi connectivity index (χ0n) is 23.6. The molecule has 0 aromatic carbocycles. The molecule has 0 radical (unpaired) electrons. The smallest absolute Gasteiger partial charge is 0.399 e. The van der Waals surface area contributed by atoms with E-state index in [9.17, 15) is 0 Å². The van der Waals surface area contributed by atoms with Crippen molar-refractivity contribution in [1.82, 2.24) is 19.6 Å². The fourth-order valence-electron chi connectivity index (χ4n) is 3.76. The fourth-order valence-corrected chi connectivity index (χ4v) is 3.76. The Morgan fingerprint density at radius 1 is 0.694 bits per heavy atom. The lowest BCUT2D eigenvalue weighted by Crippen LogP contribution is -2.41. The van der Waals surface area contributed by atoms with Crippen LogP contribution in [0.3, 0.4) is 0 Å². The van der Waals surface area contributed by atoms with E-state index in [0.717, 1.165) is 23.9 Å². The van der Waals surface area contributed by atoms with Crippen LogP contribution in [0.4, 0.5) is 0 Å². The minimum atomic E-state index is -0.363. The molecule has 2 aromatic heterocycles. The number of nitrogens with zero attached hydrogens (tertiary/aromatic N) is 4. The largest absolute Gasteiger partial charge is 0.498 e. The van der Waals surface area contributed by atoms with Crippen molar-refractivity contribution in [3.8, 4) is 0 Å². The van der Waals surface area contributed by atoms with Crippen molar-refractivity contribution in [3.05, 3.63) is 24.8 Å². The summed E-state index contributed by atoms with van der Waals surface area (Å²) in [5.74, 6) is 0. The van der Waals surface area contributed by atoms with Crippen molar-refractivity contribution in [2.45, 2.75) is 117 Å². The molecule has 11 heteroatoms. The van der Waals surface area contributed by atoms with Crippen molar-refractivity contribution >= 4 is 25.2 Å². The lowest BCUT2D eigenvalue weighted by molar-refractivity contribution is 0.00578. The van der Waals surface area contributed by atoms with Crippen LogP contribution in [-0.4, -0.2) is 67.9 Å². The van der Waals surface area contributed by atoms with Gasteiger partial charge in [0.1, 0.15) is 0 Å². The number of aliphatic hydroxyl groups is 1. The molecule has 2 saturated heterocycles. The molecule has 2 aromatic rings. The van der Waals surface area contributed by atoms with Gasteiger partial charge in [0.2, 0.25) is 0 Å². The van der Waals surface area contributed by atoms with Gasteiger partial charge >= 0.3 is 14.2 Å². The molecule has 9 nitrogen and oxygen atoms in total. The summed E-state index contributed by atoms with van der Waals surface area (Å²) in [6.45, 7) is 20.4. The highest BCUT2D eigenvalue weighted by Gasteiger charge is 2.53. The van der Waals surface area contributed by atoms with Crippen molar-refractivity contribution in [1.29, 1.82) is 0 Å². The number of unbranched alkanes of at least 4 members (excludes halogenated alkanes) is 1. The van der Waals surface area contributed by atoms with Gasteiger partial charge in [-0.1, -0.05) is 13.3 Å². The Hall–Kier alpha value is -1.65. The van der Waals surface area contributed by atoms with Gasteiger partial charge in [-0.3, -0.25) is 9.36 Å². The van der Waals surface area contributed by atoms with Gasteiger partial charge in [0.25, 0.3) is 0 Å². The van der Waals surface area contributed by atoms with E-state index in [4.69, 9.17) is 23.7 Å². The van der Waals surface area contributed by atoms with Gasteiger partial charge in [-0.15, -0.1) is 0 Å². The van der Waals surface area contributed by atoms with E-state index >= 15 is 0 Å². The molecule has 4 heterocycles. The summed E-state index contributed by atoms with van der Waals surface area (Å²) in [4.78, 5) is 0. The number of aromatic nitrogens is 4. The molecule has 0 spiro atoms. The third-order valence-electron chi connectivity index (χ3n) is 7.64. The van der Waals surface area contributed by atoms with Crippen molar-refractivity contribution in [3.63, 3.8) is 0 Å². The molecule has 4 rings (SSSR count). The summed E-state index contributed by atoms with van der Waals surface area (Å²) in [5, 5.41) is 17.4. The molecule has 2 aliphatic rings. The second-order valence-electron chi connectivity index (χ2n) is 11.7. The zero-order chi connectivity index (χ0) is 26.8. The monoisotopic (exact) mass is 502 g/mol. The molecule has 36 heavy (non-hydrogen) atoms. The van der Waals surface area contributed by atoms with Gasteiger partial charge in [-0.05, 0) is 68.2 Å². The molecule has 2 fully saturated rings. The maximum Gasteiger partial charge on any atom is 0.498 e. The van der Waals surface area contributed by atoms with Crippen LogP contribution in [0, 0.1) is 0 Å². The van der Waals surface area contributed by atoms with Crippen molar-refractivity contribution in [2.75, 3.05) is 6.61 Å². The van der Waals surface area contributed by atoms with Gasteiger partial charge in [0.05, 0.1) is 22.4 Å². The summed E-state index contributed by atoms with van der Waals surface area (Å²) in [6, 6.07) is 0. The molecular formula is C25H44B2N4O5. The third kappa shape index (κ3) is 6.42. The molecule has 0 unspecified atom stereocenters. The van der Waals surface area contributed by atoms with Crippen molar-refractivity contribution < 1.29 is 23.7 Å². The quantitative estimate of drug-likeness (QED) is 0.555. The molecule has 200 valence electrons. The predicted molar refractivity (Wildman–Crippen MR) is 142 cm³/mol. The Morgan fingerprint density at radius 2 is 1.06 bits per heavy atom. The maximum atomic E-state index is 8.79. The Bertz CT molecular complexity index is 879. The van der Waals surface area contributed by atoms with E-state index in [1.165, 1.54) is 6.42 Å². The van der Waals surface area contributed by atoms with Crippen LogP contribution in [0.5, 0.6) is 0 Å². The Morgan fingerprint density at radius 3 is 1.39 bits per heavy atom. The normalized spacial score (nSPS) is 21.5. The van der Waals surface area contributed by atoms with E-state index in [0.29, 0.717) is 13.0 Å². The zero-order valence-corrected chi connectivity index (χ0v) is 23.6. The summed E-state index contributed by atoms with van der Waals surface area (Å²) in [7, 11) is -0.664. The van der Waals surface area contributed by atoms with E-state index in [-0.39, 0.29) is 43.2 Å². The van der Waals surface area contributed by atoms with Crippen molar-refractivity contribution in [2.24, 2.45) is 0 Å². The topological polar surface area (TPSA) is 92.8 Å². The Balaban J connectivity index is 0.000000201. The van der Waals surface area contributed by atoms with Crippen LogP contribution in [-0.2, 0) is 31.7 Å². The lowest BCUT2D eigenvalue weighted by atomic mass is 9.82. The average Bonchev–Trinajstić information content (AvgIpc) is 3.52. The minimum Gasteiger partial charge on any atom is -0.399 e. The second-order valence-corrected chi connectivity index (χ2v) is 11.7. The lowest BCUT2D eigenvalue weighted by Gasteiger charge is -2.32. The van der Waals surface area contributed by atoms with Crippen LogP contribution < -0.4 is 10.9 Å². The highest BCUT2D eigenvalue weighted by molar-refractivity contribution is 6.62. The number of hydrogen-bond donors (Lipinski definition) is 1. The predicted octanol–water partition coefficient (Wildman–Crippen LogP) is 2.55. The summed E-state index contributed by atoms with van der Waals surface area (Å²) in [5.41, 5.74) is 0.693. The van der Waals surface area contributed by atoms with Gasteiger partial charge in [0, 0.05) is 55.4 Å². The van der Waals surface area contributed by atoms with Gasteiger partial charge in [-0.2, -0.15) is 10.2 Å². The number of rotatable bonds is 8. The molecule has 0 atom stereocenters. The van der Waals surface area contributed by atoms with E-state index in [1.807, 2.05) is 51.0 Å². The first-order chi connectivity index (χ1) is 16.7. The fraction of sp³-hybridized carbons (Fsp3) is 0.760. The third-order valence-corrected chi connectivity index (χ3v) is 7.64. The highest BCUT2D eigenvalue weighted by atomic mass is 16.7. The molecule has 2 aliphatic heterocycles. The summed E-state index contributed by atoms with van der Waals surface area (Å²) < 4.78 is 27.6. The first kappa shape index (κ1) is 28.9. The standard InChI is InChI=1S/C13H23BN2O2.C12H21BN2O3/c1-6-7-8-16-10-11(9-15-16)14-17-12(2,3)13(4,5)18-14;1-11(2)12(3,4)18-13(17-11)10-8-14-15(9-10)6-5-7-16/h9-10H,6-8H2,1-5H3;8-9,16H,5-7H2,1-4H3. The summed E-state index contributed by atoms with van der Waals surface area (Å²) in [6.07, 6.45) is 10.6. The molecule has 0 bridgehead atoms. The molecular weight excluding hydrogens is 458 g/mol. The molecule has 0 saturated carbocycles. The highest BCUT2D eigenvalue weighted by Crippen LogP contribution is 2.37. The Kier molecular flexibility index (Phi) is 8.83. The SMILES string of the molecule is CC1(C)OB(c2cnn(CCCO)c2)OC1(C)C.CCCCn1cc(B2OC(C)(C)C(C)(C)O2)cn1. The van der Waals surface area contributed by atoms with Crippen LogP contribution in [0.15, 0.2) is 24.8 Å². The average molecular weight is 502 g/mol. The number of hydrogen-bond acceptors (Lipinski definition) is 7. The van der Waals surface area contributed by atoms with Crippen LogP contribution in [0.2, 0.25) is 0 Å². The van der Waals surface area contributed by atoms with E-state index in [1.54, 1.807) is 10.9 Å². The van der Waals surface area contributed by atoms with Crippen LogP contribution >= 0.6 is 0 Å². The van der Waals surface area contributed by atoms with Gasteiger partial charge < -0.3 is 23.7 Å². The first-order valence-corrected chi connectivity index (χ1v) is 13.1. The van der Waals surface area contributed by atoms with Crippen LogP contribution in [0.25, 0.3) is 0 Å². The van der Waals surface area contributed by atoms with Gasteiger partial charge in [-0.25, -0.2) is 0 Å². The second kappa shape index (κ2) is 11.0.